The van der Waals surface area contributed by atoms with Crippen molar-refractivity contribution in [2.75, 3.05) is 11.4 Å². The zero-order valence-electron chi connectivity index (χ0n) is 14.2. The van der Waals surface area contributed by atoms with Crippen LogP contribution < -0.4 is 4.90 Å². The average molecular weight is 332 g/mol. The summed E-state index contributed by atoms with van der Waals surface area (Å²) in [5.74, 6) is 1.79. The van der Waals surface area contributed by atoms with Crippen LogP contribution in [0.4, 0.5) is 5.82 Å². The number of piperidine rings is 1. The number of nitrogens with zero attached hydrogens (tertiary/aromatic N) is 5. The zero-order valence-corrected chi connectivity index (χ0v) is 14.2. The summed E-state index contributed by atoms with van der Waals surface area (Å²) in [6.45, 7) is 3.34. The van der Waals surface area contributed by atoms with Gasteiger partial charge in [-0.15, -0.1) is 5.10 Å². The Hall–Kier alpha value is -2.89. The fraction of sp³-hybridized carbons (Fsp3) is 0.316. The van der Waals surface area contributed by atoms with Gasteiger partial charge in [-0.3, -0.25) is 5.10 Å². The summed E-state index contributed by atoms with van der Waals surface area (Å²) in [4.78, 5) is 7.40. The summed E-state index contributed by atoms with van der Waals surface area (Å²) < 4.78 is 1.94. The summed E-state index contributed by atoms with van der Waals surface area (Å²) in [6, 6.07) is 10.8. The lowest BCUT2D eigenvalue weighted by molar-refractivity contribution is 0.481. The van der Waals surface area contributed by atoms with Gasteiger partial charge in [0.2, 0.25) is 0 Å². The Bertz CT molecular complexity index is 1050. The Morgan fingerprint density at radius 2 is 2.16 bits per heavy atom. The maximum Gasteiger partial charge on any atom is 0.182 e. The lowest BCUT2D eigenvalue weighted by Gasteiger charge is -2.34. The number of nitrogens with one attached hydrogen (secondary N) is 1. The van der Waals surface area contributed by atoms with E-state index in [9.17, 15) is 0 Å². The van der Waals surface area contributed by atoms with Gasteiger partial charge in [0.15, 0.2) is 11.6 Å². The van der Waals surface area contributed by atoms with E-state index in [0.717, 1.165) is 40.2 Å². The largest absolute Gasteiger partial charge is 0.352 e. The van der Waals surface area contributed by atoms with Gasteiger partial charge in [-0.2, -0.15) is 5.10 Å². The van der Waals surface area contributed by atoms with E-state index in [1.54, 1.807) is 0 Å². The van der Waals surface area contributed by atoms with Crippen molar-refractivity contribution in [1.82, 2.24) is 24.8 Å². The third-order valence-electron chi connectivity index (χ3n) is 5.14. The predicted molar refractivity (Wildman–Crippen MR) is 98.7 cm³/mol. The standard InChI is InChI=1S/C19H20N6/c1-13-5-2-3-9-24(13)19-17-6-4-10-25(17)23-18(21-19)14-7-8-16-15(11-14)12-20-22-16/h4,6-8,10-13H,2-3,5,9H2,1H3,(H,20,22)/t13-/m1/s1. The van der Waals surface area contributed by atoms with E-state index in [4.69, 9.17) is 10.1 Å². The molecule has 3 aromatic heterocycles. The fourth-order valence-corrected chi connectivity index (χ4v) is 3.75. The zero-order chi connectivity index (χ0) is 16.8. The van der Waals surface area contributed by atoms with E-state index in [1.807, 2.05) is 29.0 Å². The second-order valence-electron chi connectivity index (χ2n) is 6.81. The van der Waals surface area contributed by atoms with Crippen molar-refractivity contribution in [3.63, 3.8) is 0 Å². The van der Waals surface area contributed by atoms with Crippen molar-refractivity contribution in [1.29, 1.82) is 0 Å². The van der Waals surface area contributed by atoms with Crippen LogP contribution in [-0.2, 0) is 0 Å². The maximum atomic E-state index is 4.97. The number of hydrogen-bond donors (Lipinski definition) is 1. The summed E-state index contributed by atoms with van der Waals surface area (Å²) in [5, 5.41) is 12.9. The molecule has 1 aromatic carbocycles. The molecule has 1 fully saturated rings. The molecular formula is C19H20N6. The molecule has 0 radical (unpaired) electrons. The van der Waals surface area contributed by atoms with Gasteiger partial charge in [-0.1, -0.05) is 0 Å². The van der Waals surface area contributed by atoms with Gasteiger partial charge >= 0.3 is 0 Å². The molecule has 0 amide bonds. The van der Waals surface area contributed by atoms with Crippen LogP contribution in [-0.4, -0.2) is 37.4 Å². The van der Waals surface area contributed by atoms with E-state index >= 15 is 0 Å². The first kappa shape index (κ1) is 14.5. The number of anilines is 1. The summed E-state index contributed by atoms with van der Waals surface area (Å²) in [5.41, 5.74) is 3.10. The molecule has 4 heterocycles. The molecule has 1 aliphatic heterocycles. The van der Waals surface area contributed by atoms with E-state index in [1.165, 1.54) is 19.3 Å². The Morgan fingerprint density at radius 3 is 3.08 bits per heavy atom. The number of benzene rings is 1. The van der Waals surface area contributed by atoms with Crippen molar-refractivity contribution in [2.45, 2.75) is 32.2 Å². The van der Waals surface area contributed by atoms with E-state index in [0.29, 0.717) is 6.04 Å². The molecule has 0 unspecified atom stereocenters. The minimum absolute atomic E-state index is 0.506. The molecule has 1 saturated heterocycles. The molecule has 5 rings (SSSR count). The molecule has 1 atom stereocenters. The van der Waals surface area contributed by atoms with Crippen molar-refractivity contribution >= 4 is 22.2 Å². The normalized spacial score (nSPS) is 18.3. The van der Waals surface area contributed by atoms with Crippen LogP contribution in [0.15, 0.2) is 42.7 Å². The Kier molecular flexibility index (Phi) is 3.23. The van der Waals surface area contributed by atoms with Crippen LogP contribution >= 0.6 is 0 Å². The number of H-pyrrole nitrogens is 1. The first-order chi connectivity index (χ1) is 12.3. The number of fused-ring (bicyclic) bond motifs is 2. The summed E-state index contributed by atoms with van der Waals surface area (Å²) >= 11 is 0. The van der Waals surface area contributed by atoms with Gasteiger partial charge in [0, 0.05) is 29.7 Å². The molecule has 0 spiro atoms. The van der Waals surface area contributed by atoms with Gasteiger partial charge < -0.3 is 4.90 Å². The van der Waals surface area contributed by atoms with Crippen LogP contribution in [0, 0.1) is 0 Å². The van der Waals surface area contributed by atoms with Crippen molar-refractivity contribution in [3.8, 4) is 11.4 Å². The Labute approximate surface area is 145 Å². The topological polar surface area (TPSA) is 62.1 Å². The number of hydrogen-bond acceptors (Lipinski definition) is 4. The smallest absolute Gasteiger partial charge is 0.182 e. The predicted octanol–water partition coefficient (Wildman–Crippen LogP) is 3.65. The van der Waals surface area contributed by atoms with Gasteiger partial charge in [-0.05, 0) is 56.5 Å². The molecule has 25 heavy (non-hydrogen) atoms. The molecule has 126 valence electrons. The van der Waals surface area contributed by atoms with Crippen molar-refractivity contribution in [2.24, 2.45) is 0 Å². The van der Waals surface area contributed by atoms with E-state index in [-0.39, 0.29) is 0 Å². The Balaban J connectivity index is 1.68. The van der Waals surface area contributed by atoms with E-state index < -0.39 is 0 Å². The average Bonchev–Trinajstić information content (AvgIpc) is 3.29. The van der Waals surface area contributed by atoms with Crippen LogP contribution in [0.25, 0.3) is 27.8 Å². The Morgan fingerprint density at radius 1 is 1.20 bits per heavy atom. The van der Waals surface area contributed by atoms with Gasteiger partial charge in [0.25, 0.3) is 0 Å². The lowest BCUT2D eigenvalue weighted by Crippen LogP contribution is -2.38. The fourth-order valence-electron chi connectivity index (χ4n) is 3.75. The molecule has 6 nitrogen and oxygen atoms in total. The highest BCUT2D eigenvalue weighted by atomic mass is 15.3. The van der Waals surface area contributed by atoms with Crippen LogP contribution in [0.3, 0.4) is 0 Å². The monoisotopic (exact) mass is 332 g/mol. The molecule has 1 N–H and O–H groups in total. The van der Waals surface area contributed by atoms with Crippen LogP contribution in [0.1, 0.15) is 26.2 Å². The molecule has 0 saturated carbocycles. The van der Waals surface area contributed by atoms with E-state index in [2.05, 4.69) is 40.2 Å². The SMILES string of the molecule is C[C@@H]1CCCCN1c1nc(-c2ccc3[nH]ncc3c2)nn2cccc12. The second kappa shape index (κ2) is 5.58. The minimum atomic E-state index is 0.506. The van der Waals surface area contributed by atoms with Crippen LogP contribution in [0.2, 0.25) is 0 Å². The minimum Gasteiger partial charge on any atom is -0.352 e. The first-order valence-electron chi connectivity index (χ1n) is 8.85. The lowest BCUT2D eigenvalue weighted by atomic mass is 10.0. The molecule has 4 aromatic rings. The highest BCUT2D eigenvalue weighted by molar-refractivity contribution is 5.83. The second-order valence-corrected chi connectivity index (χ2v) is 6.81. The van der Waals surface area contributed by atoms with Gasteiger partial charge in [-0.25, -0.2) is 9.50 Å². The first-order valence-corrected chi connectivity index (χ1v) is 8.85. The third kappa shape index (κ3) is 2.36. The highest BCUT2D eigenvalue weighted by Crippen LogP contribution is 2.29. The van der Waals surface area contributed by atoms with Crippen LogP contribution in [0.5, 0.6) is 0 Å². The van der Waals surface area contributed by atoms with Crippen molar-refractivity contribution < 1.29 is 0 Å². The van der Waals surface area contributed by atoms with Crippen molar-refractivity contribution in [3.05, 3.63) is 42.7 Å². The number of aromatic amines is 1. The molecular weight excluding hydrogens is 312 g/mol. The van der Waals surface area contributed by atoms with Gasteiger partial charge in [0.1, 0.15) is 5.52 Å². The number of aromatic nitrogens is 5. The quantitative estimate of drug-likeness (QED) is 0.608. The highest BCUT2D eigenvalue weighted by Gasteiger charge is 2.23. The molecule has 6 heteroatoms. The third-order valence-corrected chi connectivity index (χ3v) is 5.14. The van der Waals surface area contributed by atoms with Gasteiger partial charge in [0.05, 0.1) is 11.7 Å². The maximum absolute atomic E-state index is 4.97. The summed E-state index contributed by atoms with van der Waals surface area (Å²) in [6.07, 6.45) is 7.56. The number of rotatable bonds is 2. The molecule has 0 aliphatic carbocycles. The molecule has 0 bridgehead atoms. The molecule has 1 aliphatic rings. The summed E-state index contributed by atoms with van der Waals surface area (Å²) in [7, 11) is 0.